The van der Waals surface area contributed by atoms with E-state index in [1.54, 1.807) is 11.8 Å². The average molecular weight is 320 g/mol. The van der Waals surface area contributed by atoms with Gasteiger partial charge in [-0.2, -0.15) is 0 Å². The van der Waals surface area contributed by atoms with Crippen LogP contribution in [0.3, 0.4) is 0 Å². The highest BCUT2D eigenvalue weighted by atomic mass is 16.6. The van der Waals surface area contributed by atoms with Crippen LogP contribution in [0, 0.1) is 23.0 Å². The summed E-state index contributed by atoms with van der Waals surface area (Å²) in [5.74, 6) is -0.386. The number of esters is 1. The van der Waals surface area contributed by atoms with Gasteiger partial charge in [-0.05, 0) is 31.4 Å². The van der Waals surface area contributed by atoms with Gasteiger partial charge < -0.3 is 9.64 Å². The highest BCUT2D eigenvalue weighted by Gasteiger charge is 2.36. The Morgan fingerprint density at radius 2 is 2.09 bits per heavy atom. The van der Waals surface area contributed by atoms with E-state index in [2.05, 4.69) is 0 Å². The van der Waals surface area contributed by atoms with Gasteiger partial charge in [0.15, 0.2) is 0 Å². The zero-order valence-electron chi connectivity index (χ0n) is 13.4. The molecule has 1 aliphatic rings. The number of nitrogens with zero attached hydrogens (tertiary/aromatic N) is 2. The number of hydrogen-bond acceptors (Lipinski definition) is 5. The molecule has 1 unspecified atom stereocenters. The number of aryl methyl sites for hydroxylation is 1. The van der Waals surface area contributed by atoms with Crippen LogP contribution in [0.4, 0.5) is 5.69 Å². The third-order valence-electron chi connectivity index (χ3n) is 3.90. The average Bonchev–Trinajstić information content (AvgIpc) is 2.84. The summed E-state index contributed by atoms with van der Waals surface area (Å²) >= 11 is 0. The Hall–Kier alpha value is -2.44. The van der Waals surface area contributed by atoms with Crippen molar-refractivity contribution in [3.8, 4) is 5.75 Å². The Morgan fingerprint density at radius 1 is 1.39 bits per heavy atom. The van der Waals surface area contributed by atoms with Gasteiger partial charge in [0.1, 0.15) is 11.8 Å². The molecule has 0 N–H and O–H groups in total. The van der Waals surface area contributed by atoms with Crippen molar-refractivity contribution in [3.63, 3.8) is 0 Å². The SMILES string of the molecule is Cc1cc(OC(=O)C(C(C)C)N2CCCC2=O)ccc1[N+](=O)[O-]. The largest absolute Gasteiger partial charge is 0.425 e. The summed E-state index contributed by atoms with van der Waals surface area (Å²) in [6.45, 7) is 5.85. The molecule has 1 fully saturated rings. The van der Waals surface area contributed by atoms with E-state index >= 15 is 0 Å². The smallest absolute Gasteiger partial charge is 0.334 e. The van der Waals surface area contributed by atoms with E-state index in [1.807, 2.05) is 13.8 Å². The van der Waals surface area contributed by atoms with Crippen molar-refractivity contribution < 1.29 is 19.2 Å². The monoisotopic (exact) mass is 320 g/mol. The molecule has 1 heterocycles. The number of likely N-dealkylation sites (tertiary alicyclic amines) is 1. The summed E-state index contributed by atoms with van der Waals surface area (Å²) in [5.41, 5.74) is 0.388. The maximum Gasteiger partial charge on any atom is 0.334 e. The molecule has 7 nitrogen and oxygen atoms in total. The number of nitro groups is 1. The summed E-state index contributed by atoms with van der Waals surface area (Å²) in [4.78, 5) is 36.3. The number of rotatable bonds is 5. The van der Waals surface area contributed by atoms with Gasteiger partial charge in [0.25, 0.3) is 5.69 Å². The summed E-state index contributed by atoms with van der Waals surface area (Å²) in [6, 6.07) is 3.52. The molecular weight excluding hydrogens is 300 g/mol. The van der Waals surface area contributed by atoms with Crippen molar-refractivity contribution in [1.82, 2.24) is 4.90 Å². The third kappa shape index (κ3) is 3.67. The number of hydrogen-bond donors (Lipinski definition) is 0. The Morgan fingerprint density at radius 3 is 2.57 bits per heavy atom. The lowest BCUT2D eigenvalue weighted by Crippen LogP contribution is -2.47. The maximum atomic E-state index is 12.5. The van der Waals surface area contributed by atoms with Crippen molar-refractivity contribution >= 4 is 17.6 Å². The van der Waals surface area contributed by atoms with Crippen LogP contribution in [0.5, 0.6) is 5.75 Å². The molecule has 1 aromatic carbocycles. The Labute approximate surface area is 134 Å². The van der Waals surface area contributed by atoms with Gasteiger partial charge in [-0.3, -0.25) is 14.9 Å². The van der Waals surface area contributed by atoms with Crippen LogP contribution in [0.25, 0.3) is 0 Å². The second-order valence-corrected chi connectivity index (χ2v) is 6.01. The predicted molar refractivity (Wildman–Crippen MR) is 83.0 cm³/mol. The standard InChI is InChI=1S/C16H20N2O5/c1-10(2)15(17-8-4-5-14(17)19)16(20)23-12-6-7-13(18(21)22)11(3)9-12/h6-7,9-10,15H,4-5,8H2,1-3H3. The van der Waals surface area contributed by atoms with Crippen molar-refractivity contribution in [3.05, 3.63) is 33.9 Å². The first-order valence-electron chi connectivity index (χ1n) is 7.57. The summed E-state index contributed by atoms with van der Waals surface area (Å²) < 4.78 is 5.36. The van der Waals surface area contributed by atoms with E-state index in [1.165, 1.54) is 18.2 Å². The van der Waals surface area contributed by atoms with E-state index in [9.17, 15) is 19.7 Å². The Kier molecular flexibility index (Phi) is 4.98. The molecule has 0 spiro atoms. The molecule has 2 rings (SSSR count). The lowest BCUT2D eigenvalue weighted by Gasteiger charge is -2.28. The van der Waals surface area contributed by atoms with Crippen molar-refractivity contribution in [2.45, 2.75) is 39.7 Å². The molecule has 1 atom stereocenters. The van der Waals surface area contributed by atoms with Crippen LogP contribution in [0.15, 0.2) is 18.2 Å². The van der Waals surface area contributed by atoms with Crippen molar-refractivity contribution in [2.24, 2.45) is 5.92 Å². The molecule has 7 heteroatoms. The number of amides is 1. The first-order chi connectivity index (χ1) is 10.8. The van der Waals surface area contributed by atoms with Crippen LogP contribution in [-0.2, 0) is 9.59 Å². The second-order valence-electron chi connectivity index (χ2n) is 6.01. The summed E-state index contributed by atoms with van der Waals surface area (Å²) in [5, 5.41) is 10.8. The zero-order chi connectivity index (χ0) is 17.1. The minimum atomic E-state index is -0.638. The minimum absolute atomic E-state index is 0.0278. The van der Waals surface area contributed by atoms with E-state index in [4.69, 9.17) is 4.74 Å². The quantitative estimate of drug-likeness (QED) is 0.360. The predicted octanol–water partition coefficient (Wildman–Crippen LogP) is 2.46. The molecule has 1 saturated heterocycles. The molecule has 0 bridgehead atoms. The third-order valence-corrected chi connectivity index (χ3v) is 3.90. The van der Waals surface area contributed by atoms with Crippen LogP contribution in [0.2, 0.25) is 0 Å². The minimum Gasteiger partial charge on any atom is -0.425 e. The van der Waals surface area contributed by atoms with Crippen LogP contribution in [0.1, 0.15) is 32.3 Å². The Balaban J connectivity index is 2.17. The lowest BCUT2D eigenvalue weighted by molar-refractivity contribution is -0.385. The lowest BCUT2D eigenvalue weighted by atomic mass is 10.0. The number of benzene rings is 1. The van der Waals surface area contributed by atoms with Crippen molar-refractivity contribution in [2.75, 3.05) is 6.54 Å². The van der Waals surface area contributed by atoms with Gasteiger partial charge in [0.05, 0.1) is 4.92 Å². The molecule has 124 valence electrons. The number of carbonyl (C=O) groups is 2. The van der Waals surface area contributed by atoms with E-state index in [0.29, 0.717) is 18.5 Å². The molecular formula is C16H20N2O5. The highest BCUT2D eigenvalue weighted by Crippen LogP contribution is 2.25. The zero-order valence-corrected chi connectivity index (χ0v) is 13.4. The maximum absolute atomic E-state index is 12.5. The molecule has 0 aromatic heterocycles. The normalized spacial score (nSPS) is 15.8. The molecule has 1 aromatic rings. The van der Waals surface area contributed by atoms with Crippen molar-refractivity contribution in [1.29, 1.82) is 0 Å². The molecule has 1 amide bonds. The molecule has 0 saturated carbocycles. The topological polar surface area (TPSA) is 89.8 Å². The van der Waals surface area contributed by atoms with E-state index < -0.39 is 16.9 Å². The number of carbonyl (C=O) groups excluding carboxylic acids is 2. The van der Waals surface area contributed by atoms with Gasteiger partial charge >= 0.3 is 5.97 Å². The van der Waals surface area contributed by atoms with E-state index in [-0.39, 0.29) is 23.3 Å². The molecule has 0 aliphatic carbocycles. The molecule has 23 heavy (non-hydrogen) atoms. The number of ether oxygens (including phenoxy) is 1. The van der Waals surface area contributed by atoms with Crippen LogP contribution < -0.4 is 4.74 Å². The number of nitro benzene ring substituents is 1. The van der Waals surface area contributed by atoms with Gasteiger partial charge in [0.2, 0.25) is 5.91 Å². The van der Waals surface area contributed by atoms with Gasteiger partial charge in [-0.15, -0.1) is 0 Å². The Bertz CT molecular complexity index is 641. The van der Waals surface area contributed by atoms with Crippen LogP contribution in [-0.4, -0.2) is 34.3 Å². The van der Waals surface area contributed by atoms with Gasteiger partial charge in [0, 0.05) is 24.6 Å². The summed E-state index contributed by atoms with van der Waals surface area (Å²) in [6.07, 6.45) is 1.19. The second kappa shape index (κ2) is 6.76. The highest BCUT2D eigenvalue weighted by molar-refractivity contribution is 5.87. The molecule has 1 aliphatic heterocycles. The fourth-order valence-corrected chi connectivity index (χ4v) is 2.80. The van der Waals surface area contributed by atoms with E-state index in [0.717, 1.165) is 6.42 Å². The fraction of sp³-hybridized carbons (Fsp3) is 0.500. The van der Waals surface area contributed by atoms with Gasteiger partial charge in [-0.1, -0.05) is 13.8 Å². The summed E-state index contributed by atoms with van der Waals surface area (Å²) in [7, 11) is 0. The fourth-order valence-electron chi connectivity index (χ4n) is 2.80. The first kappa shape index (κ1) is 16.9. The van der Waals surface area contributed by atoms with Gasteiger partial charge in [-0.25, -0.2) is 4.79 Å². The van der Waals surface area contributed by atoms with Crippen LogP contribution >= 0.6 is 0 Å². The molecule has 0 radical (unpaired) electrons. The first-order valence-corrected chi connectivity index (χ1v) is 7.57.